The smallest absolute Gasteiger partial charge is 0.227 e. The number of rotatable bonds is 4. The second-order valence-electron chi connectivity index (χ2n) is 6.05. The van der Waals surface area contributed by atoms with E-state index in [9.17, 15) is 4.79 Å². The molecule has 1 aromatic carbocycles. The van der Waals surface area contributed by atoms with Gasteiger partial charge in [-0.05, 0) is 41.3 Å². The van der Waals surface area contributed by atoms with Crippen LogP contribution in [0.5, 0.6) is 0 Å². The second-order valence-corrected chi connectivity index (χ2v) is 6.96. The van der Waals surface area contributed by atoms with Crippen LogP contribution in [0.15, 0.2) is 48.1 Å². The number of nitrogens with zero attached hydrogens (tertiary/aromatic N) is 3. The molecule has 118 valence electrons. The van der Waals surface area contributed by atoms with Crippen molar-refractivity contribution < 1.29 is 4.79 Å². The average molecular weight is 325 g/mol. The summed E-state index contributed by atoms with van der Waals surface area (Å²) in [7, 11) is 0. The zero-order chi connectivity index (χ0) is 15.6. The van der Waals surface area contributed by atoms with Crippen molar-refractivity contribution in [2.45, 2.75) is 31.8 Å². The van der Waals surface area contributed by atoms with E-state index in [0.717, 1.165) is 31.5 Å². The molecule has 1 saturated heterocycles. The van der Waals surface area contributed by atoms with E-state index in [0.29, 0.717) is 6.42 Å². The second kappa shape index (κ2) is 6.16. The first-order valence-corrected chi connectivity index (χ1v) is 8.91. The zero-order valence-corrected chi connectivity index (χ0v) is 13.7. The van der Waals surface area contributed by atoms with Crippen molar-refractivity contribution in [3.63, 3.8) is 0 Å². The number of aromatic nitrogens is 2. The normalized spacial score (nSPS) is 17.9. The van der Waals surface area contributed by atoms with Gasteiger partial charge in [0.25, 0.3) is 0 Å². The van der Waals surface area contributed by atoms with Gasteiger partial charge in [-0.1, -0.05) is 18.2 Å². The highest BCUT2D eigenvalue weighted by Gasteiger charge is 2.29. The van der Waals surface area contributed by atoms with Crippen LogP contribution in [-0.2, 0) is 17.8 Å². The summed E-state index contributed by atoms with van der Waals surface area (Å²) in [5, 5.41) is 7.61. The number of thiophene rings is 1. The number of hydrogen-bond donors (Lipinski definition) is 0. The third-order valence-electron chi connectivity index (χ3n) is 4.56. The Morgan fingerprint density at radius 1 is 1.30 bits per heavy atom. The molecule has 1 amide bonds. The van der Waals surface area contributed by atoms with E-state index in [4.69, 9.17) is 0 Å². The van der Waals surface area contributed by atoms with Gasteiger partial charge in [-0.25, -0.2) is 0 Å². The maximum absolute atomic E-state index is 12.8. The molecule has 3 heterocycles. The average Bonchev–Trinajstić information content (AvgIpc) is 3.29. The SMILES string of the molecule is O=C(Cc1csc2ccccc12)N1CCCC1Cn1cccn1. The predicted molar refractivity (Wildman–Crippen MR) is 92.5 cm³/mol. The van der Waals surface area contributed by atoms with Crippen molar-refractivity contribution in [3.8, 4) is 0 Å². The van der Waals surface area contributed by atoms with Crippen LogP contribution in [0.1, 0.15) is 18.4 Å². The van der Waals surface area contributed by atoms with Crippen LogP contribution in [0.25, 0.3) is 10.1 Å². The molecular formula is C18H19N3OS. The largest absolute Gasteiger partial charge is 0.338 e. The molecule has 1 aliphatic rings. The number of amides is 1. The van der Waals surface area contributed by atoms with Crippen molar-refractivity contribution in [1.82, 2.24) is 14.7 Å². The monoisotopic (exact) mass is 325 g/mol. The van der Waals surface area contributed by atoms with Crippen LogP contribution in [0.2, 0.25) is 0 Å². The molecule has 2 aromatic heterocycles. The number of benzene rings is 1. The first-order chi connectivity index (χ1) is 11.3. The topological polar surface area (TPSA) is 38.1 Å². The fourth-order valence-electron chi connectivity index (χ4n) is 3.41. The van der Waals surface area contributed by atoms with Gasteiger partial charge in [0.15, 0.2) is 0 Å². The molecule has 0 aliphatic carbocycles. The Labute approximate surface area is 139 Å². The Kier molecular flexibility index (Phi) is 3.87. The fraction of sp³-hybridized carbons (Fsp3) is 0.333. The minimum absolute atomic E-state index is 0.239. The minimum atomic E-state index is 0.239. The van der Waals surface area contributed by atoms with Crippen molar-refractivity contribution >= 4 is 27.3 Å². The number of fused-ring (bicyclic) bond motifs is 1. The van der Waals surface area contributed by atoms with Crippen LogP contribution in [0.4, 0.5) is 0 Å². The summed E-state index contributed by atoms with van der Waals surface area (Å²) < 4.78 is 3.18. The van der Waals surface area contributed by atoms with E-state index in [-0.39, 0.29) is 11.9 Å². The molecule has 0 radical (unpaired) electrons. The van der Waals surface area contributed by atoms with Crippen LogP contribution in [0.3, 0.4) is 0 Å². The van der Waals surface area contributed by atoms with Crippen LogP contribution in [-0.4, -0.2) is 33.2 Å². The third-order valence-corrected chi connectivity index (χ3v) is 5.57. The molecule has 4 rings (SSSR count). The standard InChI is InChI=1S/C18H19N3OS/c22-18(11-14-13-23-17-7-2-1-6-16(14)17)21-10-3-5-15(21)12-20-9-4-8-19-20/h1-2,4,6-9,13,15H,3,5,10-12H2. The molecule has 1 atom stereocenters. The Morgan fingerprint density at radius 2 is 2.22 bits per heavy atom. The van der Waals surface area contributed by atoms with Crippen LogP contribution in [0, 0.1) is 0 Å². The highest BCUT2D eigenvalue weighted by Crippen LogP contribution is 2.27. The Morgan fingerprint density at radius 3 is 3.09 bits per heavy atom. The third kappa shape index (κ3) is 2.88. The van der Waals surface area contributed by atoms with Gasteiger partial charge in [0.1, 0.15) is 0 Å². The first-order valence-electron chi connectivity index (χ1n) is 8.03. The molecule has 23 heavy (non-hydrogen) atoms. The molecule has 0 saturated carbocycles. The fourth-order valence-corrected chi connectivity index (χ4v) is 4.38. The van der Waals surface area contributed by atoms with E-state index in [1.54, 1.807) is 17.5 Å². The summed E-state index contributed by atoms with van der Waals surface area (Å²) in [5.41, 5.74) is 1.15. The molecular weight excluding hydrogens is 306 g/mol. The van der Waals surface area contributed by atoms with Gasteiger partial charge in [0, 0.05) is 23.6 Å². The molecule has 1 aliphatic heterocycles. The Balaban J connectivity index is 1.49. The zero-order valence-electron chi connectivity index (χ0n) is 12.9. The van der Waals surface area contributed by atoms with Gasteiger partial charge >= 0.3 is 0 Å². The molecule has 1 fully saturated rings. The predicted octanol–water partition coefficient (Wildman–Crippen LogP) is 3.33. The number of carbonyl (C=O) groups is 1. The summed E-state index contributed by atoms with van der Waals surface area (Å²) in [6.07, 6.45) is 6.41. The van der Waals surface area contributed by atoms with E-state index in [2.05, 4.69) is 22.6 Å². The highest BCUT2D eigenvalue weighted by atomic mass is 32.1. The first kappa shape index (κ1) is 14.5. The number of likely N-dealkylation sites (tertiary alicyclic amines) is 1. The van der Waals surface area contributed by atoms with Crippen molar-refractivity contribution in [2.75, 3.05) is 6.54 Å². The van der Waals surface area contributed by atoms with Gasteiger partial charge in [-0.3, -0.25) is 9.48 Å². The van der Waals surface area contributed by atoms with Gasteiger partial charge < -0.3 is 4.90 Å². The summed E-state index contributed by atoms with van der Waals surface area (Å²) in [5.74, 6) is 0.239. The lowest BCUT2D eigenvalue weighted by molar-refractivity contribution is -0.131. The summed E-state index contributed by atoms with van der Waals surface area (Å²) in [6.45, 7) is 1.66. The van der Waals surface area contributed by atoms with Crippen LogP contribution < -0.4 is 0 Å². The molecule has 0 bridgehead atoms. The van der Waals surface area contributed by atoms with Crippen molar-refractivity contribution in [3.05, 3.63) is 53.7 Å². The van der Waals surface area contributed by atoms with E-state index >= 15 is 0 Å². The van der Waals surface area contributed by atoms with E-state index < -0.39 is 0 Å². The van der Waals surface area contributed by atoms with E-state index in [1.165, 1.54) is 10.1 Å². The maximum atomic E-state index is 12.8. The lowest BCUT2D eigenvalue weighted by Gasteiger charge is -2.24. The number of hydrogen-bond acceptors (Lipinski definition) is 3. The summed E-state index contributed by atoms with van der Waals surface area (Å²) in [6, 6.07) is 10.5. The van der Waals surface area contributed by atoms with Gasteiger partial charge in [-0.2, -0.15) is 5.10 Å². The molecule has 0 N–H and O–H groups in total. The molecule has 1 unspecified atom stereocenters. The lowest BCUT2D eigenvalue weighted by Crippen LogP contribution is -2.39. The lowest BCUT2D eigenvalue weighted by atomic mass is 10.1. The summed E-state index contributed by atoms with van der Waals surface area (Å²) in [4.78, 5) is 14.8. The van der Waals surface area contributed by atoms with E-state index in [1.807, 2.05) is 34.0 Å². The Bertz CT molecular complexity index is 809. The quantitative estimate of drug-likeness (QED) is 0.738. The van der Waals surface area contributed by atoms with Gasteiger partial charge in [0.2, 0.25) is 5.91 Å². The van der Waals surface area contributed by atoms with Crippen molar-refractivity contribution in [2.24, 2.45) is 0 Å². The molecule has 3 aromatic rings. The maximum Gasteiger partial charge on any atom is 0.227 e. The number of carbonyl (C=O) groups excluding carboxylic acids is 1. The van der Waals surface area contributed by atoms with Crippen molar-refractivity contribution in [1.29, 1.82) is 0 Å². The molecule has 4 nitrogen and oxygen atoms in total. The Hall–Kier alpha value is -2.14. The van der Waals surface area contributed by atoms with Gasteiger partial charge in [0.05, 0.1) is 19.0 Å². The van der Waals surface area contributed by atoms with Gasteiger partial charge in [-0.15, -0.1) is 11.3 Å². The molecule has 5 heteroatoms. The minimum Gasteiger partial charge on any atom is -0.338 e. The van der Waals surface area contributed by atoms with Crippen LogP contribution >= 0.6 is 11.3 Å². The highest BCUT2D eigenvalue weighted by molar-refractivity contribution is 7.17. The summed E-state index contributed by atoms with van der Waals surface area (Å²) >= 11 is 1.72. The molecule has 0 spiro atoms.